The minimum absolute atomic E-state index is 0.262. The fourth-order valence-electron chi connectivity index (χ4n) is 2.95. The highest BCUT2D eigenvalue weighted by molar-refractivity contribution is 7.15. The number of aromatic nitrogens is 1. The Morgan fingerprint density at radius 3 is 2.30 bits per heavy atom. The highest BCUT2D eigenvalue weighted by Crippen LogP contribution is 2.39. The summed E-state index contributed by atoms with van der Waals surface area (Å²) in [6.45, 7) is 9.47. The van der Waals surface area contributed by atoms with Crippen molar-refractivity contribution in [2.24, 2.45) is 0 Å². The Labute approximate surface area is 180 Å². The van der Waals surface area contributed by atoms with E-state index in [2.05, 4.69) is 10.3 Å². The number of rotatable bonds is 10. The molecule has 0 radical (unpaired) electrons. The zero-order chi connectivity index (χ0) is 21.5. The molecule has 0 saturated heterocycles. The molecular weight excluding hydrogens is 404 g/mol. The van der Waals surface area contributed by atoms with Crippen LogP contribution in [-0.2, 0) is 6.54 Å². The van der Waals surface area contributed by atoms with E-state index in [0.717, 1.165) is 15.3 Å². The third kappa shape index (κ3) is 4.94. The maximum atomic E-state index is 12.8. The molecule has 1 aromatic carbocycles. The summed E-state index contributed by atoms with van der Waals surface area (Å²) in [6, 6.07) is 7.61. The van der Waals surface area contributed by atoms with Gasteiger partial charge in [0.2, 0.25) is 5.75 Å². The molecule has 0 aliphatic heterocycles. The van der Waals surface area contributed by atoms with Gasteiger partial charge in [-0.2, -0.15) is 0 Å². The molecular formula is C22H26N2O5S. The quantitative estimate of drug-likeness (QED) is 0.496. The van der Waals surface area contributed by atoms with Crippen LogP contribution in [0.4, 0.5) is 0 Å². The summed E-state index contributed by atoms with van der Waals surface area (Å²) < 4.78 is 22.6. The summed E-state index contributed by atoms with van der Waals surface area (Å²) in [5.41, 5.74) is 1.09. The van der Waals surface area contributed by atoms with Crippen molar-refractivity contribution in [3.05, 3.63) is 46.8 Å². The summed E-state index contributed by atoms with van der Waals surface area (Å²) in [4.78, 5) is 18.9. The molecule has 0 unspecified atom stereocenters. The molecule has 0 aliphatic rings. The highest BCUT2D eigenvalue weighted by Gasteiger charge is 2.20. The lowest BCUT2D eigenvalue weighted by atomic mass is 10.1. The van der Waals surface area contributed by atoms with Gasteiger partial charge >= 0.3 is 0 Å². The van der Waals surface area contributed by atoms with Crippen LogP contribution in [0.15, 0.2) is 35.1 Å². The van der Waals surface area contributed by atoms with Crippen molar-refractivity contribution in [3.63, 3.8) is 0 Å². The van der Waals surface area contributed by atoms with Crippen molar-refractivity contribution in [1.29, 1.82) is 0 Å². The minimum atomic E-state index is -0.311. The lowest BCUT2D eigenvalue weighted by molar-refractivity contribution is 0.0946. The van der Waals surface area contributed by atoms with E-state index < -0.39 is 0 Å². The largest absolute Gasteiger partial charge is 0.490 e. The van der Waals surface area contributed by atoms with E-state index in [9.17, 15) is 4.79 Å². The normalized spacial score (nSPS) is 10.7. The van der Waals surface area contributed by atoms with E-state index in [1.807, 2.05) is 52.0 Å². The summed E-state index contributed by atoms with van der Waals surface area (Å²) in [5.74, 6) is 1.91. The lowest BCUT2D eigenvalue weighted by Crippen LogP contribution is -2.23. The first-order valence-electron chi connectivity index (χ1n) is 9.91. The first kappa shape index (κ1) is 21.7. The number of aryl methyl sites for hydroxylation is 1. The second-order valence-electron chi connectivity index (χ2n) is 6.34. The number of hydrogen-bond donors (Lipinski definition) is 1. The van der Waals surface area contributed by atoms with Crippen molar-refractivity contribution >= 4 is 17.2 Å². The fraction of sp³-hybridized carbons (Fsp3) is 0.364. The zero-order valence-electron chi connectivity index (χ0n) is 17.6. The van der Waals surface area contributed by atoms with Crippen molar-refractivity contribution in [2.45, 2.75) is 34.2 Å². The number of nitrogens with one attached hydrogen (secondary N) is 1. The third-order valence-electron chi connectivity index (χ3n) is 4.17. The fourth-order valence-corrected chi connectivity index (χ4v) is 3.81. The first-order chi connectivity index (χ1) is 14.6. The number of ether oxygens (including phenoxy) is 3. The number of carbonyl (C=O) groups excluding carboxylic acids is 1. The first-order valence-corrected chi connectivity index (χ1v) is 10.7. The van der Waals surface area contributed by atoms with Gasteiger partial charge in [0.05, 0.1) is 24.7 Å². The highest BCUT2D eigenvalue weighted by atomic mass is 32.1. The van der Waals surface area contributed by atoms with Gasteiger partial charge in [0.1, 0.15) is 0 Å². The summed E-state index contributed by atoms with van der Waals surface area (Å²) in [5, 5.41) is 2.90. The monoisotopic (exact) mass is 430 g/mol. The van der Waals surface area contributed by atoms with Gasteiger partial charge in [-0.3, -0.25) is 4.79 Å². The summed E-state index contributed by atoms with van der Waals surface area (Å²) in [7, 11) is 0. The van der Waals surface area contributed by atoms with Crippen LogP contribution in [0.3, 0.4) is 0 Å². The Morgan fingerprint density at radius 1 is 1.07 bits per heavy atom. The Hall–Kier alpha value is -3.00. The van der Waals surface area contributed by atoms with Crippen LogP contribution in [0, 0.1) is 6.92 Å². The summed E-state index contributed by atoms with van der Waals surface area (Å²) in [6.07, 6.45) is 1.29. The average molecular weight is 431 g/mol. The molecule has 0 spiro atoms. The Bertz CT molecular complexity index is 968. The molecule has 3 aromatic rings. The van der Waals surface area contributed by atoms with Gasteiger partial charge < -0.3 is 23.9 Å². The smallest absolute Gasteiger partial charge is 0.274 e. The average Bonchev–Trinajstić information content (AvgIpc) is 3.38. The van der Waals surface area contributed by atoms with E-state index in [-0.39, 0.29) is 18.1 Å². The Morgan fingerprint density at radius 2 is 1.73 bits per heavy atom. The third-order valence-corrected chi connectivity index (χ3v) is 5.17. The van der Waals surface area contributed by atoms with Gasteiger partial charge in [0.15, 0.2) is 29.3 Å². The van der Waals surface area contributed by atoms with Gasteiger partial charge in [-0.25, -0.2) is 4.98 Å². The van der Waals surface area contributed by atoms with Crippen molar-refractivity contribution < 1.29 is 23.4 Å². The minimum Gasteiger partial charge on any atom is -0.490 e. The molecule has 30 heavy (non-hydrogen) atoms. The van der Waals surface area contributed by atoms with E-state index in [1.165, 1.54) is 6.39 Å². The molecule has 3 rings (SSSR count). The molecule has 0 saturated carbocycles. The van der Waals surface area contributed by atoms with Crippen LogP contribution in [0.5, 0.6) is 17.2 Å². The number of hydrogen-bond acceptors (Lipinski definition) is 7. The van der Waals surface area contributed by atoms with Crippen molar-refractivity contribution in [2.75, 3.05) is 19.8 Å². The number of amides is 1. The van der Waals surface area contributed by atoms with Crippen LogP contribution in [0.25, 0.3) is 10.6 Å². The molecule has 7 nitrogen and oxygen atoms in total. The van der Waals surface area contributed by atoms with Gasteiger partial charge in [0, 0.05) is 11.4 Å². The Kier molecular flexibility index (Phi) is 7.35. The number of carbonyl (C=O) groups is 1. The summed E-state index contributed by atoms with van der Waals surface area (Å²) >= 11 is 1.55. The molecule has 2 aromatic heterocycles. The number of nitrogens with zero attached hydrogens (tertiary/aromatic N) is 1. The molecule has 0 aliphatic carbocycles. The van der Waals surface area contributed by atoms with Crippen LogP contribution in [0.1, 0.15) is 41.7 Å². The van der Waals surface area contributed by atoms with Gasteiger partial charge in [-0.05, 0) is 57.5 Å². The molecule has 1 N–H and O–H groups in total. The predicted molar refractivity (Wildman–Crippen MR) is 116 cm³/mol. The van der Waals surface area contributed by atoms with Gasteiger partial charge in [0.25, 0.3) is 5.91 Å². The zero-order valence-corrected chi connectivity index (χ0v) is 18.4. The molecule has 8 heteroatoms. The van der Waals surface area contributed by atoms with Crippen LogP contribution < -0.4 is 19.5 Å². The lowest BCUT2D eigenvalue weighted by Gasteiger charge is -2.17. The number of oxazole rings is 1. The molecule has 160 valence electrons. The molecule has 0 fully saturated rings. The van der Waals surface area contributed by atoms with E-state index in [1.54, 1.807) is 11.3 Å². The van der Waals surface area contributed by atoms with Crippen LogP contribution >= 0.6 is 11.3 Å². The SMILES string of the molecule is CCOc1cc(CNC(=O)c2ncoc2-c2ccc(C)s2)cc(OCC)c1OCC. The topological polar surface area (TPSA) is 82.8 Å². The second-order valence-corrected chi connectivity index (χ2v) is 7.63. The van der Waals surface area contributed by atoms with E-state index >= 15 is 0 Å². The van der Waals surface area contributed by atoms with Crippen molar-refractivity contribution in [3.8, 4) is 27.9 Å². The Balaban J connectivity index is 1.80. The van der Waals surface area contributed by atoms with Crippen molar-refractivity contribution in [1.82, 2.24) is 10.3 Å². The molecule has 0 bridgehead atoms. The van der Waals surface area contributed by atoms with Crippen LogP contribution in [-0.4, -0.2) is 30.7 Å². The standard InChI is InChI=1S/C22H26N2O5S/c1-5-26-16-10-15(11-17(27-6-2)20(16)28-7-3)12-23-22(25)19-21(29-13-24-19)18-9-8-14(4)30-18/h8-11,13H,5-7,12H2,1-4H3,(H,23,25). The van der Waals surface area contributed by atoms with E-state index in [4.69, 9.17) is 18.6 Å². The number of thiophene rings is 1. The molecule has 0 atom stereocenters. The number of benzene rings is 1. The predicted octanol–water partition coefficient (Wildman–Crippen LogP) is 4.84. The molecule has 1 amide bonds. The van der Waals surface area contributed by atoms with Gasteiger partial charge in [-0.1, -0.05) is 0 Å². The second kappa shape index (κ2) is 10.2. The molecule has 2 heterocycles. The van der Waals surface area contributed by atoms with E-state index in [0.29, 0.717) is 42.8 Å². The maximum absolute atomic E-state index is 12.8. The van der Waals surface area contributed by atoms with Crippen LogP contribution in [0.2, 0.25) is 0 Å². The van der Waals surface area contributed by atoms with Gasteiger partial charge in [-0.15, -0.1) is 11.3 Å². The maximum Gasteiger partial charge on any atom is 0.274 e.